The molecule has 6 heteroatoms. The van der Waals surface area contributed by atoms with E-state index < -0.39 is 11.8 Å². The Morgan fingerprint density at radius 2 is 2.21 bits per heavy atom. The van der Waals surface area contributed by atoms with Crippen LogP contribution in [0.2, 0.25) is 0 Å². The zero-order chi connectivity index (χ0) is 13.7. The summed E-state index contributed by atoms with van der Waals surface area (Å²) in [4.78, 5) is 19.3. The molecule has 0 saturated carbocycles. The minimum atomic E-state index is -0.656. The number of pyridine rings is 2. The van der Waals surface area contributed by atoms with Gasteiger partial charge in [-0.3, -0.25) is 4.98 Å². The highest BCUT2D eigenvalue weighted by Crippen LogP contribution is 2.09. The number of nitrogens with zero attached hydrogens (tertiary/aromatic N) is 2. The van der Waals surface area contributed by atoms with Crippen molar-refractivity contribution in [3.8, 4) is 5.88 Å². The van der Waals surface area contributed by atoms with Crippen LogP contribution in [0.4, 0.5) is 4.39 Å². The van der Waals surface area contributed by atoms with Gasteiger partial charge in [0.05, 0.1) is 24.6 Å². The second-order valence-electron chi connectivity index (χ2n) is 3.64. The van der Waals surface area contributed by atoms with Gasteiger partial charge in [-0.05, 0) is 12.1 Å². The lowest BCUT2D eigenvalue weighted by molar-refractivity contribution is 0.0466. The Bertz CT molecular complexity index is 590. The van der Waals surface area contributed by atoms with Gasteiger partial charge in [-0.1, -0.05) is 6.07 Å². The van der Waals surface area contributed by atoms with E-state index in [0.717, 1.165) is 12.3 Å². The van der Waals surface area contributed by atoms with Gasteiger partial charge < -0.3 is 9.47 Å². The minimum absolute atomic E-state index is 0.0213. The molecule has 0 N–H and O–H groups in total. The average molecular weight is 262 g/mol. The Balaban J connectivity index is 2.00. The van der Waals surface area contributed by atoms with Gasteiger partial charge in [-0.25, -0.2) is 14.2 Å². The Labute approximate surface area is 109 Å². The molecule has 0 fully saturated rings. The van der Waals surface area contributed by atoms with Gasteiger partial charge in [0.2, 0.25) is 5.88 Å². The lowest BCUT2D eigenvalue weighted by Crippen LogP contribution is -2.07. The van der Waals surface area contributed by atoms with E-state index in [1.807, 2.05) is 0 Å². The molecule has 19 heavy (non-hydrogen) atoms. The first-order valence-corrected chi connectivity index (χ1v) is 5.46. The van der Waals surface area contributed by atoms with Crippen LogP contribution in [0.3, 0.4) is 0 Å². The molecule has 0 unspecified atom stereocenters. The van der Waals surface area contributed by atoms with Gasteiger partial charge in [0.25, 0.3) is 0 Å². The molecular weight excluding hydrogens is 251 g/mol. The summed E-state index contributed by atoms with van der Waals surface area (Å²) in [5, 5.41) is 0. The number of ether oxygens (including phenoxy) is 2. The summed E-state index contributed by atoms with van der Waals surface area (Å²) in [5.74, 6) is -0.813. The predicted molar refractivity (Wildman–Crippen MR) is 64.1 cm³/mol. The number of methoxy groups -OCH3 is 1. The van der Waals surface area contributed by atoms with E-state index in [-0.39, 0.29) is 12.2 Å². The number of aromatic nitrogens is 2. The third kappa shape index (κ3) is 3.48. The highest BCUT2D eigenvalue weighted by atomic mass is 19.1. The van der Waals surface area contributed by atoms with Crippen molar-refractivity contribution >= 4 is 5.97 Å². The molecule has 0 radical (unpaired) electrons. The first-order chi connectivity index (χ1) is 9.19. The molecule has 2 rings (SSSR count). The molecule has 5 nitrogen and oxygen atoms in total. The van der Waals surface area contributed by atoms with Gasteiger partial charge in [-0.15, -0.1) is 0 Å². The molecule has 98 valence electrons. The molecule has 0 aromatic carbocycles. The molecule has 2 aromatic rings. The van der Waals surface area contributed by atoms with Gasteiger partial charge in [-0.2, -0.15) is 0 Å². The van der Waals surface area contributed by atoms with Crippen LogP contribution < -0.4 is 4.74 Å². The fourth-order valence-electron chi connectivity index (χ4n) is 1.40. The van der Waals surface area contributed by atoms with Gasteiger partial charge in [0, 0.05) is 12.3 Å². The van der Waals surface area contributed by atoms with Crippen LogP contribution in [0.25, 0.3) is 0 Å². The number of esters is 1. The zero-order valence-electron chi connectivity index (χ0n) is 10.2. The topological polar surface area (TPSA) is 61.3 Å². The van der Waals surface area contributed by atoms with Crippen molar-refractivity contribution in [3.63, 3.8) is 0 Å². The van der Waals surface area contributed by atoms with Crippen LogP contribution >= 0.6 is 0 Å². The average Bonchev–Trinajstić information content (AvgIpc) is 2.45. The van der Waals surface area contributed by atoms with Crippen molar-refractivity contribution in [2.75, 3.05) is 7.11 Å². The number of carbonyl (C=O) groups is 1. The normalized spacial score (nSPS) is 10.0. The van der Waals surface area contributed by atoms with E-state index in [9.17, 15) is 9.18 Å². The third-order valence-corrected chi connectivity index (χ3v) is 2.28. The number of halogens is 1. The van der Waals surface area contributed by atoms with E-state index in [4.69, 9.17) is 9.47 Å². The van der Waals surface area contributed by atoms with Gasteiger partial charge >= 0.3 is 5.97 Å². The van der Waals surface area contributed by atoms with Gasteiger partial charge in [0.15, 0.2) is 0 Å². The van der Waals surface area contributed by atoms with Crippen molar-refractivity contribution in [1.29, 1.82) is 0 Å². The molecule has 0 saturated heterocycles. The van der Waals surface area contributed by atoms with Crippen molar-refractivity contribution in [1.82, 2.24) is 9.97 Å². The quantitative estimate of drug-likeness (QED) is 0.788. The maximum atomic E-state index is 12.9. The fourth-order valence-corrected chi connectivity index (χ4v) is 1.40. The molecule has 0 bridgehead atoms. The Kier molecular flexibility index (Phi) is 4.02. The molecule has 2 aromatic heterocycles. The first kappa shape index (κ1) is 12.9. The molecule has 0 amide bonds. The molecule has 0 atom stereocenters. The van der Waals surface area contributed by atoms with Crippen LogP contribution in [0, 0.1) is 5.82 Å². The van der Waals surface area contributed by atoms with Crippen LogP contribution in [0.1, 0.15) is 16.1 Å². The second kappa shape index (κ2) is 5.90. The number of hydrogen-bond acceptors (Lipinski definition) is 5. The Morgan fingerprint density at radius 1 is 1.37 bits per heavy atom. The molecular formula is C13H11FN2O3. The monoisotopic (exact) mass is 262 g/mol. The minimum Gasteiger partial charge on any atom is -0.481 e. The lowest BCUT2D eigenvalue weighted by Gasteiger charge is -2.05. The van der Waals surface area contributed by atoms with Crippen LogP contribution in [-0.4, -0.2) is 23.0 Å². The van der Waals surface area contributed by atoms with E-state index in [0.29, 0.717) is 11.6 Å². The van der Waals surface area contributed by atoms with Crippen molar-refractivity contribution in [3.05, 3.63) is 53.7 Å². The highest BCUT2D eigenvalue weighted by molar-refractivity contribution is 5.88. The maximum absolute atomic E-state index is 12.9. The van der Waals surface area contributed by atoms with E-state index in [1.165, 1.54) is 13.3 Å². The number of carbonyl (C=O) groups excluding carboxylic acids is 1. The lowest BCUT2D eigenvalue weighted by atomic mass is 10.3. The van der Waals surface area contributed by atoms with Crippen LogP contribution in [0.15, 0.2) is 36.7 Å². The predicted octanol–water partition coefficient (Wildman–Crippen LogP) is 1.98. The molecule has 0 aliphatic rings. The second-order valence-corrected chi connectivity index (χ2v) is 3.64. The summed E-state index contributed by atoms with van der Waals surface area (Å²) < 4.78 is 22.8. The van der Waals surface area contributed by atoms with Crippen LogP contribution in [0.5, 0.6) is 5.88 Å². The van der Waals surface area contributed by atoms with Crippen molar-refractivity contribution < 1.29 is 18.7 Å². The van der Waals surface area contributed by atoms with E-state index in [1.54, 1.807) is 18.2 Å². The van der Waals surface area contributed by atoms with E-state index in [2.05, 4.69) is 9.97 Å². The number of rotatable bonds is 4. The summed E-state index contributed by atoms with van der Waals surface area (Å²) in [6, 6.07) is 6.18. The van der Waals surface area contributed by atoms with Crippen molar-refractivity contribution in [2.24, 2.45) is 0 Å². The highest BCUT2D eigenvalue weighted by Gasteiger charge is 2.09. The molecule has 0 spiro atoms. The molecule has 2 heterocycles. The maximum Gasteiger partial charge on any atom is 0.340 e. The smallest absolute Gasteiger partial charge is 0.340 e. The largest absolute Gasteiger partial charge is 0.481 e. The fraction of sp³-hybridized carbons (Fsp3) is 0.154. The zero-order valence-corrected chi connectivity index (χ0v) is 10.2. The summed E-state index contributed by atoms with van der Waals surface area (Å²) >= 11 is 0. The molecule has 0 aliphatic carbocycles. The standard InChI is InChI=1S/C13H11FN2O3/c1-18-12-4-2-3-11(16-12)8-19-13(17)9-5-10(14)7-15-6-9/h2-7H,8H2,1H3. The summed E-state index contributed by atoms with van der Waals surface area (Å²) in [7, 11) is 1.50. The molecule has 0 aliphatic heterocycles. The summed E-state index contributed by atoms with van der Waals surface area (Å²) in [5.41, 5.74) is 0.597. The first-order valence-electron chi connectivity index (χ1n) is 5.46. The summed E-state index contributed by atoms with van der Waals surface area (Å²) in [6.07, 6.45) is 2.25. The van der Waals surface area contributed by atoms with E-state index >= 15 is 0 Å². The van der Waals surface area contributed by atoms with Crippen molar-refractivity contribution in [2.45, 2.75) is 6.61 Å². The Hall–Kier alpha value is -2.50. The number of hydrogen-bond donors (Lipinski definition) is 0. The van der Waals surface area contributed by atoms with Gasteiger partial charge in [0.1, 0.15) is 12.4 Å². The van der Waals surface area contributed by atoms with Crippen LogP contribution in [-0.2, 0) is 11.3 Å². The third-order valence-electron chi connectivity index (χ3n) is 2.28. The summed E-state index contributed by atoms with van der Waals surface area (Å²) in [6.45, 7) is -0.0213. The SMILES string of the molecule is COc1cccc(COC(=O)c2cncc(F)c2)n1. The Morgan fingerprint density at radius 3 is 2.95 bits per heavy atom.